The Morgan fingerprint density at radius 3 is 2.50 bits per heavy atom. The lowest BCUT2D eigenvalue weighted by Gasteiger charge is -2.07. The number of unbranched alkanes of at least 4 members (excludes halogenated alkanes) is 8. The molecule has 0 aliphatic carbocycles. The zero-order valence-corrected chi connectivity index (χ0v) is 15.9. The molecule has 0 aromatic carbocycles. The smallest absolute Gasteiger partial charge is 0.219 e. The van der Waals surface area contributed by atoms with Crippen LogP contribution in [0.3, 0.4) is 0 Å². The van der Waals surface area contributed by atoms with Crippen molar-refractivity contribution in [3.8, 4) is 0 Å². The normalized spacial score (nSPS) is 12.6. The number of allylic oxidation sites excluding steroid dienone is 1. The van der Waals surface area contributed by atoms with Crippen molar-refractivity contribution in [2.75, 3.05) is 6.54 Å². The Labute approximate surface area is 150 Å². The van der Waals surface area contributed by atoms with Gasteiger partial charge in [0.25, 0.3) is 0 Å². The minimum Gasteiger partial charge on any atom is -0.393 e. The Bertz CT molecular complexity index is 302. The van der Waals surface area contributed by atoms with Crippen LogP contribution in [-0.2, 0) is 4.79 Å². The van der Waals surface area contributed by atoms with Crippen molar-refractivity contribution in [3.63, 3.8) is 0 Å². The van der Waals surface area contributed by atoms with E-state index < -0.39 is 0 Å². The van der Waals surface area contributed by atoms with E-state index in [-0.39, 0.29) is 12.0 Å². The quantitative estimate of drug-likeness (QED) is 0.278. The average molecular weight is 339 g/mol. The third kappa shape index (κ3) is 17.5. The van der Waals surface area contributed by atoms with Gasteiger partial charge in [-0.2, -0.15) is 0 Å². The second-order valence-electron chi connectivity index (χ2n) is 6.72. The van der Waals surface area contributed by atoms with Gasteiger partial charge in [-0.15, -0.1) is 0 Å². The predicted molar refractivity (Wildman–Crippen MR) is 104 cm³/mol. The molecular weight excluding hydrogens is 298 g/mol. The molecule has 0 aliphatic heterocycles. The third-order valence-electron chi connectivity index (χ3n) is 4.24. The van der Waals surface area contributed by atoms with Crippen LogP contribution in [0.15, 0.2) is 12.2 Å². The average Bonchev–Trinajstić information content (AvgIpc) is 2.58. The Morgan fingerprint density at radius 1 is 1.04 bits per heavy atom. The Kier molecular flexibility index (Phi) is 17.9. The standard InChI is InChI=1S/C21H40NO2/c1-3-5-6-13-16-20(23)17-14-11-9-7-8-10-12-15-18-21(24)22-19-4-2/h11,14,20,23H,2-10,12-13,15-19H2,1H3,(H,22,24)/b14-11-/t20-/m1/s1. The van der Waals surface area contributed by atoms with Crippen molar-refractivity contribution in [2.45, 2.75) is 103 Å². The second kappa shape index (κ2) is 18.5. The van der Waals surface area contributed by atoms with Crippen molar-refractivity contribution in [3.05, 3.63) is 19.1 Å². The third-order valence-corrected chi connectivity index (χ3v) is 4.24. The predicted octanol–water partition coefficient (Wildman–Crippen LogP) is 5.34. The summed E-state index contributed by atoms with van der Waals surface area (Å²) in [4.78, 5) is 11.4. The van der Waals surface area contributed by atoms with Gasteiger partial charge in [-0.1, -0.05) is 70.9 Å². The van der Waals surface area contributed by atoms with E-state index in [1.54, 1.807) is 0 Å². The van der Waals surface area contributed by atoms with Crippen molar-refractivity contribution in [1.82, 2.24) is 5.32 Å². The first-order valence-corrected chi connectivity index (χ1v) is 10.1. The summed E-state index contributed by atoms with van der Waals surface area (Å²) in [6.45, 7) is 6.61. The number of nitrogens with one attached hydrogen (secondary N) is 1. The van der Waals surface area contributed by atoms with Crippen LogP contribution in [-0.4, -0.2) is 23.7 Å². The van der Waals surface area contributed by atoms with E-state index in [1.165, 1.54) is 38.5 Å². The molecule has 141 valence electrons. The molecule has 0 aliphatic rings. The summed E-state index contributed by atoms with van der Waals surface area (Å²) < 4.78 is 0. The van der Waals surface area contributed by atoms with Gasteiger partial charge in [-0.05, 0) is 38.5 Å². The number of carbonyl (C=O) groups is 1. The fourth-order valence-electron chi connectivity index (χ4n) is 2.69. The molecule has 3 nitrogen and oxygen atoms in total. The molecule has 2 N–H and O–H groups in total. The minimum absolute atomic E-state index is 0.159. The zero-order valence-electron chi connectivity index (χ0n) is 15.9. The zero-order chi connectivity index (χ0) is 17.9. The monoisotopic (exact) mass is 338 g/mol. The summed E-state index contributed by atoms with van der Waals surface area (Å²) in [5, 5.41) is 12.7. The summed E-state index contributed by atoms with van der Waals surface area (Å²) in [7, 11) is 0. The lowest BCUT2D eigenvalue weighted by molar-refractivity contribution is -0.121. The van der Waals surface area contributed by atoms with Gasteiger partial charge < -0.3 is 10.4 Å². The SMILES string of the molecule is [CH2]CCNC(=O)CCCCCCC/C=C\C[C@H](O)CCCCCC. The molecular formula is C21H40NO2. The van der Waals surface area contributed by atoms with Crippen LogP contribution < -0.4 is 5.32 Å². The fourth-order valence-corrected chi connectivity index (χ4v) is 2.69. The van der Waals surface area contributed by atoms with Crippen LogP contribution in [0.5, 0.6) is 0 Å². The number of carbonyl (C=O) groups excluding carboxylic acids is 1. The first kappa shape index (κ1) is 23.2. The molecule has 0 saturated heterocycles. The van der Waals surface area contributed by atoms with Crippen LogP contribution in [0.4, 0.5) is 0 Å². The van der Waals surface area contributed by atoms with Crippen molar-refractivity contribution in [1.29, 1.82) is 0 Å². The number of rotatable bonds is 17. The van der Waals surface area contributed by atoms with Crippen LogP contribution in [0.2, 0.25) is 0 Å². The van der Waals surface area contributed by atoms with E-state index in [0.29, 0.717) is 13.0 Å². The van der Waals surface area contributed by atoms with Gasteiger partial charge in [0.15, 0.2) is 0 Å². The maximum absolute atomic E-state index is 11.4. The molecule has 0 aromatic rings. The van der Waals surface area contributed by atoms with Crippen LogP contribution in [0.25, 0.3) is 0 Å². The van der Waals surface area contributed by atoms with Crippen molar-refractivity contribution >= 4 is 5.91 Å². The number of hydrogen-bond acceptors (Lipinski definition) is 2. The summed E-state index contributed by atoms with van der Waals surface area (Å²) in [6.07, 6.45) is 19.1. The van der Waals surface area contributed by atoms with Crippen LogP contribution in [0, 0.1) is 6.92 Å². The molecule has 0 rings (SSSR count). The maximum atomic E-state index is 11.4. The molecule has 24 heavy (non-hydrogen) atoms. The van der Waals surface area contributed by atoms with Crippen LogP contribution in [0.1, 0.15) is 96.8 Å². The molecule has 0 heterocycles. The second-order valence-corrected chi connectivity index (χ2v) is 6.72. The van der Waals surface area contributed by atoms with E-state index in [1.807, 2.05) is 0 Å². The molecule has 3 heteroatoms. The highest BCUT2D eigenvalue weighted by atomic mass is 16.3. The highest BCUT2D eigenvalue weighted by Crippen LogP contribution is 2.10. The largest absolute Gasteiger partial charge is 0.393 e. The first-order valence-electron chi connectivity index (χ1n) is 10.1. The number of aliphatic hydroxyl groups is 1. The van der Waals surface area contributed by atoms with E-state index >= 15 is 0 Å². The molecule has 0 aromatic heterocycles. The van der Waals surface area contributed by atoms with E-state index in [0.717, 1.165) is 44.9 Å². The number of aliphatic hydroxyl groups excluding tert-OH is 1. The summed E-state index contributed by atoms with van der Waals surface area (Å²) in [5.41, 5.74) is 0. The van der Waals surface area contributed by atoms with Crippen LogP contribution >= 0.6 is 0 Å². The minimum atomic E-state index is -0.159. The van der Waals surface area contributed by atoms with Crippen molar-refractivity contribution in [2.24, 2.45) is 0 Å². The molecule has 0 bridgehead atoms. The summed E-state index contributed by atoms with van der Waals surface area (Å²) >= 11 is 0. The maximum Gasteiger partial charge on any atom is 0.219 e. The van der Waals surface area contributed by atoms with E-state index in [9.17, 15) is 9.90 Å². The highest BCUT2D eigenvalue weighted by Gasteiger charge is 2.01. The number of hydrogen-bond donors (Lipinski definition) is 2. The lowest BCUT2D eigenvalue weighted by atomic mass is 10.1. The van der Waals surface area contributed by atoms with E-state index in [2.05, 4.69) is 31.3 Å². The summed E-state index contributed by atoms with van der Waals surface area (Å²) in [5.74, 6) is 0.162. The fraction of sp³-hybridized carbons (Fsp3) is 0.810. The Morgan fingerprint density at radius 2 is 1.75 bits per heavy atom. The van der Waals surface area contributed by atoms with Gasteiger partial charge in [0.05, 0.1) is 6.10 Å². The topological polar surface area (TPSA) is 49.3 Å². The highest BCUT2D eigenvalue weighted by molar-refractivity contribution is 5.75. The van der Waals surface area contributed by atoms with Gasteiger partial charge >= 0.3 is 0 Å². The molecule has 1 radical (unpaired) electrons. The van der Waals surface area contributed by atoms with Gasteiger partial charge in [0.2, 0.25) is 5.91 Å². The molecule has 1 atom stereocenters. The van der Waals surface area contributed by atoms with Gasteiger partial charge in [-0.25, -0.2) is 0 Å². The van der Waals surface area contributed by atoms with Gasteiger partial charge in [-0.3, -0.25) is 4.79 Å². The molecule has 0 unspecified atom stereocenters. The first-order chi connectivity index (χ1) is 11.7. The Balaban J connectivity index is 3.30. The van der Waals surface area contributed by atoms with E-state index in [4.69, 9.17) is 0 Å². The molecule has 0 spiro atoms. The Hall–Kier alpha value is -0.830. The van der Waals surface area contributed by atoms with Crippen molar-refractivity contribution < 1.29 is 9.90 Å². The molecule has 0 fully saturated rings. The lowest BCUT2D eigenvalue weighted by Crippen LogP contribution is -2.23. The van der Waals surface area contributed by atoms with Gasteiger partial charge in [0.1, 0.15) is 0 Å². The van der Waals surface area contributed by atoms with Gasteiger partial charge in [0, 0.05) is 13.0 Å². The molecule has 0 saturated carbocycles. The summed E-state index contributed by atoms with van der Waals surface area (Å²) in [6, 6.07) is 0. The molecule has 1 amide bonds. The number of amides is 1.